The SMILES string of the molecule is Cc1ccc(NC(C)(C)C#N)cn1. The smallest absolute Gasteiger partial charge is 0.119 e. The molecule has 0 aliphatic rings. The lowest BCUT2D eigenvalue weighted by molar-refractivity contribution is 0.728. The molecule has 1 rings (SSSR count). The highest BCUT2D eigenvalue weighted by Crippen LogP contribution is 2.12. The highest BCUT2D eigenvalue weighted by atomic mass is 15.0. The lowest BCUT2D eigenvalue weighted by atomic mass is 10.1. The van der Waals surface area contributed by atoms with Crippen LogP contribution in [0.3, 0.4) is 0 Å². The van der Waals surface area contributed by atoms with E-state index < -0.39 is 5.54 Å². The van der Waals surface area contributed by atoms with Crippen molar-refractivity contribution in [3.63, 3.8) is 0 Å². The summed E-state index contributed by atoms with van der Waals surface area (Å²) in [4.78, 5) is 4.13. The first-order valence-corrected chi connectivity index (χ1v) is 4.15. The lowest BCUT2D eigenvalue weighted by Gasteiger charge is -2.18. The second kappa shape index (κ2) is 3.44. The van der Waals surface area contributed by atoms with Crippen LogP contribution in [-0.4, -0.2) is 10.5 Å². The van der Waals surface area contributed by atoms with Gasteiger partial charge in [-0.1, -0.05) is 0 Å². The molecule has 0 aromatic carbocycles. The van der Waals surface area contributed by atoms with Gasteiger partial charge in [0.25, 0.3) is 0 Å². The number of rotatable bonds is 2. The van der Waals surface area contributed by atoms with Crippen LogP contribution in [0.25, 0.3) is 0 Å². The van der Waals surface area contributed by atoms with E-state index in [0.29, 0.717) is 0 Å². The maximum atomic E-state index is 8.78. The molecule has 0 amide bonds. The van der Waals surface area contributed by atoms with Crippen molar-refractivity contribution in [3.8, 4) is 6.07 Å². The Morgan fingerprint density at radius 3 is 2.62 bits per heavy atom. The summed E-state index contributed by atoms with van der Waals surface area (Å²) in [6.45, 7) is 5.58. The summed E-state index contributed by atoms with van der Waals surface area (Å²) in [5.41, 5.74) is 1.30. The fourth-order valence-electron chi connectivity index (χ4n) is 0.931. The molecule has 68 valence electrons. The number of nitriles is 1. The Balaban J connectivity index is 2.77. The Morgan fingerprint density at radius 1 is 1.46 bits per heavy atom. The molecule has 0 radical (unpaired) electrons. The third kappa shape index (κ3) is 2.75. The number of nitrogens with zero attached hydrogens (tertiary/aromatic N) is 2. The first kappa shape index (κ1) is 9.53. The van der Waals surface area contributed by atoms with Gasteiger partial charge in [0.1, 0.15) is 5.54 Å². The quantitative estimate of drug-likeness (QED) is 0.748. The zero-order valence-electron chi connectivity index (χ0n) is 8.13. The van der Waals surface area contributed by atoms with E-state index in [1.807, 2.05) is 32.9 Å². The maximum Gasteiger partial charge on any atom is 0.119 e. The number of anilines is 1. The average molecular weight is 175 g/mol. The van der Waals surface area contributed by atoms with Crippen molar-refractivity contribution in [1.82, 2.24) is 4.98 Å². The van der Waals surface area contributed by atoms with Gasteiger partial charge in [0.15, 0.2) is 0 Å². The van der Waals surface area contributed by atoms with Gasteiger partial charge >= 0.3 is 0 Å². The Morgan fingerprint density at radius 2 is 2.15 bits per heavy atom. The van der Waals surface area contributed by atoms with E-state index in [2.05, 4.69) is 16.4 Å². The zero-order chi connectivity index (χ0) is 9.90. The minimum absolute atomic E-state index is 0.545. The molecule has 0 spiro atoms. The van der Waals surface area contributed by atoms with Crippen LogP contribution in [0, 0.1) is 18.3 Å². The Labute approximate surface area is 78.4 Å². The van der Waals surface area contributed by atoms with Crippen LogP contribution in [0.5, 0.6) is 0 Å². The van der Waals surface area contributed by atoms with Crippen molar-refractivity contribution in [1.29, 1.82) is 5.26 Å². The standard InChI is InChI=1S/C10H13N3/c1-8-4-5-9(6-12-8)13-10(2,3)7-11/h4-6,13H,1-3H3. The molecular formula is C10H13N3. The summed E-state index contributed by atoms with van der Waals surface area (Å²) >= 11 is 0. The molecule has 1 aromatic heterocycles. The zero-order valence-corrected chi connectivity index (χ0v) is 8.13. The van der Waals surface area contributed by atoms with Crippen molar-refractivity contribution >= 4 is 5.69 Å². The van der Waals surface area contributed by atoms with Gasteiger partial charge in [0.2, 0.25) is 0 Å². The fraction of sp³-hybridized carbons (Fsp3) is 0.400. The number of hydrogen-bond donors (Lipinski definition) is 1. The van der Waals surface area contributed by atoms with Crippen molar-refractivity contribution < 1.29 is 0 Å². The van der Waals surface area contributed by atoms with Crippen LogP contribution in [0.15, 0.2) is 18.3 Å². The monoisotopic (exact) mass is 175 g/mol. The lowest BCUT2D eigenvalue weighted by Crippen LogP contribution is -2.28. The largest absolute Gasteiger partial charge is 0.367 e. The van der Waals surface area contributed by atoms with Crippen molar-refractivity contribution in [2.45, 2.75) is 26.3 Å². The van der Waals surface area contributed by atoms with Crippen LogP contribution in [0.4, 0.5) is 5.69 Å². The van der Waals surface area contributed by atoms with Gasteiger partial charge in [-0.2, -0.15) is 5.26 Å². The summed E-state index contributed by atoms with van der Waals surface area (Å²) < 4.78 is 0. The predicted molar refractivity (Wildman–Crippen MR) is 52.3 cm³/mol. The van der Waals surface area contributed by atoms with Gasteiger partial charge in [-0.25, -0.2) is 0 Å². The number of hydrogen-bond acceptors (Lipinski definition) is 3. The van der Waals surface area contributed by atoms with Crippen LogP contribution in [0.2, 0.25) is 0 Å². The van der Waals surface area contributed by atoms with E-state index in [4.69, 9.17) is 5.26 Å². The minimum Gasteiger partial charge on any atom is -0.367 e. The summed E-state index contributed by atoms with van der Waals surface area (Å²) in [7, 11) is 0. The Hall–Kier alpha value is -1.56. The van der Waals surface area contributed by atoms with Crippen molar-refractivity contribution in [2.75, 3.05) is 5.32 Å². The third-order valence-corrected chi connectivity index (χ3v) is 1.65. The molecule has 1 aromatic rings. The Bertz CT molecular complexity index is 319. The van der Waals surface area contributed by atoms with Gasteiger partial charge in [-0.3, -0.25) is 4.98 Å². The van der Waals surface area contributed by atoms with Gasteiger partial charge in [-0.15, -0.1) is 0 Å². The van der Waals surface area contributed by atoms with Crippen LogP contribution < -0.4 is 5.32 Å². The van der Waals surface area contributed by atoms with E-state index >= 15 is 0 Å². The molecule has 0 atom stereocenters. The molecule has 0 bridgehead atoms. The van der Waals surface area contributed by atoms with E-state index in [0.717, 1.165) is 11.4 Å². The van der Waals surface area contributed by atoms with Gasteiger partial charge in [-0.05, 0) is 32.9 Å². The van der Waals surface area contributed by atoms with Crippen LogP contribution in [-0.2, 0) is 0 Å². The summed E-state index contributed by atoms with van der Waals surface area (Å²) in [6, 6.07) is 6.00. The topological polar surface area (TPSA) is 48.7 Å². The fourth-order valence-corrected chi connectivity index (χ4v) is 0.931. The molecule has 0 aliphatic heterocycles. The minimum atomic E-state index is -0.545. The van der Waals surface area contributed by atoms with E-state index in [1.54, 1.807) is 6.20 Å². The van der Waals surface area contributed by atoms with Crippen molar-refractivity contribution in [2.24, 2.45) is 0 Å². The number of nitrogens with one attached hydrogen (secondary N) is 1. The maximum absolute atomic E-state index is 8.78. The molecule has 0 saturated heterocycles. The third-order valence-electron chi connectivity index (χ3n) is 1.65. The van der Waals surface area contributed by atoms with Crippen LogP contribution >= 0.6 is 0 Å². The first-order chi connectivity index (χ1) is 6.03. The highest BCUT2D eigenvalue weighted by molar-refractivity contribution is 5.45. The molecular weight excluding hydrogens is 162 g/mol. The normalized spacial score (nSPS) is 10.6. The average Bonchev–Trinajstić information content (AvgIpc) is 2.09. The van der Waals surface area contributed by atoms with E-state index in [1.165, 1.54) is 0 Å². The molecule has 13 heavy (non-hydrogen) atoms. The van der Waals surface area contributed by atoms with Gasteiger partial charge < -0.3 is 5.32 Å². The molecule has 0 aliphatic carbocycles. The molecule has 3 heteroatoms. The highest BCUT2D eigenvalue weighted by Gasteiger charge is 2.15. The summed E-state index contributed by atoms with van der Waals surface area (Å²) in [5.74, 6) is 0. The number of aromatic nitrogens is 1. The molecule has 1 heterocycles. The number of pyridine rings is 1. The predicted octanol–water partition coefficient (Wildman–Crippen LogP) is 2.10. The first-order valence-electron chi connectivity index (χ1n) is 4.15. The summed E-state index contributed by atoms with van der Waals surface area (Å²) in [5, 5.41) is 11.8. The molecule has 0 fully saturated rings. The van der Waals surface area contributed by atoms with E-state index in [-0.39, 0.29) is 0 Å². The molecule has 3 nitrogen and oxygen atoms in total. The summed E-state index contributed by atoms with van der Waals surface area (Å²) in [6.07, 6.45) is 1.73. The van der Waals surface area contributed by atoms with Gasteiger partial charge in [0.05, 0.1) is 18.0 Å². The second-order valence-electron chi connectivity index (χ2n) is 3.55. The molecule has 0 saturated carbocycles. The van der Waals surface area contributed by atoms with Crippen molar-refractivity contribution in [3.05, 3.63) is 24.0 Å². The van der Waals surface area contributed by atoms with E-state index in [9.17, 15) is 0 Å². The van der Waals surface area contributed by atoms with Gasteiger partial charge in [0, 0.05) is 5.69 Å². The molecule has 0 unspecified atom stereocenters. The number of aryl methyl sites for hydroxylation is 1. The van der Waals surface area contributed by atoms with Crippen LogP contribution in [0.1, 0.15) is 19.5 Å². The Kier molecular flexibility index (Phi) is 2.52. The molecule has 1 N–H and O–H groups in total. The second-order valence-corrected chi connectivity index (χ2v) is 3.55.